The molecule has 0 heterocycles. The summed E-state index contributed by atoms with van der Waals surface area (Å²) in [5, 5.41) is 10.6. The van der Waals surface area contributed by atoms with Crippen molar-refractivity contribution in [3.63, 3.8) is 0 Å². The Morgan fingerprint density at radius 1 is 1.64 bits per heavy atom. The van der Waals surface area contributed by atoms with E-state index >= 15 is 0 Å². The predicted molar refractivity (Wildman–Crippen MR) is 46.6 cm³/mol. The second-order valence-corrected chi connectivity index (χ2v) is 3.04. The zero-order valence-corrected chi connectivity index (χ0v) is 7.31. The third-order valence-corrected chi connectivity index (χ3v) is 1.51. The zero-order chi connectivity index (χ0) is 9.02. The van der Waals surface area contributed by atoms with Crippen LogP contribution in [0.5, 0.6) is 0 Å². The maximum absolute atomic E-state index is 10.2. The average molecular weight is 176 g/mol. The number of nitrogens with two attached hydrogens (primary N) is 1. The molecule has 4 N–H and O–H groups in total. The van der Waals surface area contributed by atoms with Gasteiger partial charge >= 0.3 is 6.09 Å². The van der Waals surface area contributed by atoms with E-state index in [0.29, 0.717) is 0 Å². The molecule has 0 saturated heterocycles. The Hall–Kier alpha value is -0.840. The summed E-state index contributed by atoms with van der Waals surface area (Å²) in [5.74, 6) is 0.0867. The first-order valence-electron chi connectivity index (χ1n) is 3.24. The van der Waals surface area contributed by atoms with Gasteiger partial charge in [0.05, 0.1) is 11.0 Å². The van der Waals surface area contributed by atoms with E-state index in [1.807, 2.05) is 13.8 Å². The summed E-state index contributed by atoms with van der Waals surface area (Å²) in [6.45, 7) is 3.69. The zero-order valence-electron chi connectivity index (χ0n) is 6.50. The lowest BCUT2D eigenvalue weighted by Gasteiger charge is -2.18. The van der Waals surface area contributed by atoms with E-state index in [0.717, 1.165) is 0 Å². The topological polar surface area (TPSA) is 75.3 Å². The molecule has 0 bridgehead atoms. The van der Waals surface area contributed by atoms with Crippen LogP contribution in [0.15, 0.2) is 0 Å². The highest BCUT2D eigenvalue weighted by Gasteiger charge is 2.17. The highest BCUT2D eigenvalue weighted by Crippen LogP contribution is 2.01. The maximum Gasteiger partial charge on any atom is 0.405 e. The van der Waals surface area contributed by atoms with Crippen LogP contribution in [0.25, 0.3) is 0 Å². The van der Waals surface area contributed by atoms with Crippen molar-refractivity contribution in [1.29, 1.82) is 0 Å². The Morgan fingerprint density at radius 3 is 2.18 bits per heavy atom. The van der Waals surface area contributed by atoms with Crippen LogP contribution in [-0.4, -0.2) is 22.2 Å². The summed E-state index contributed by atoms with van der Waals surface area (Å²) in [7, 11) is 0. The Kier molecular flexibility index (Phi) is 3.81. The quantitative estimate of drug-likeness (QED) is 0.549. The molecule has 0 fully saturated rings. The van der Waals surface area contributed by atoms with Crippen LogP contribution in [0.1, 0.15) is 13.8 Å². The van der Waals surface area contributed by atoms with Gasteiger partial charge in [0.15, 0.2) is 0 Å². The molecule has 1 amide bonds. The molecule has 0 aromatic carbocycles. The van der Waals surface area contributed by atoms with Crippen LogP contribution < -0.4 is 11.1 Å². The molecular formula is C6H12N2O2S. The van der Waals surface area contributed by atoms with E-state index in [4.69, 9.17) is 10.8 Å². The number of hydrogen-bond donors (Lipinski definition) is 3. The molecule has 11 heavy (non-hydrogen) atoms. The molecule has 0 aliphatic carbocycles. The third kappa shape index (κ3) is 3.77. The Bertz CT molecular complexity index is 170. The minimum absolute atomic E-state index is 0.0867. The van der Waals surface area contributed by atoms with Gasteiger partial charge in [-0.3, -0.25) is 0 Å². The van der Waals surface area contributed by atoms with Crippen molar-refractivity contribution in [1.82, 2.24) is 5.32 Å². The largest absolute Gasteiger partial charge is 0.465 e. The minimum atomic E-state index is -1.10. The van der Waals surface area contributed by atoms with E-state index < -0.39 is 12.1 Å². The standard InChI is InChI=1S/C6H12N2O2S/c1-3(2)4(5(7)11)8-6(9)10/h3-4,8H,1-2H3,(H2,7,11)(H,9,10)/t4-/m1/s1. The van der Waals surface area contributed by atoms with Gasteiger partial charge in [0.25, 0.3) is 0 Å². The molecule has 0 aromatic rings. The highest BCUT2D eigenvalue weighted by atomic mass is 32.1. The van der Waals surface area contributed by atoms with Crippen LogP contribution in [-0.2, 0) is 0 Å². The summed E-state index contributed by atoms with van der Waals surface area (Å²) >= 11 is 4.66. The average Bonchev–Trinajstić information content (AvgIpc) is 1.81. The van der Waals surface area contributed by atoms with Crippen molar-refractivity contribution in [3.05, 3.63) is 0 Å². The summed E-state index contributed by atoms with van der Waals surface area (Å²) in [6.07, 6.45) is -1.10. The number of carboxylic acid groups (broad SMARTS) is 1. The van der Waals surface area contributed by atoms with Gasteiger partial charge in [0.1, 0.15) is 0 Å². The Balaban J connectivity index is 4.12. The predicted octanol–water partition coefficient (Wildman–Crippen LogP) is 0.565. The smallest absolute Gasteiger partial charge is 0.405 e. The second-order valence-electron chi connectivity index (χ2n) is 2.57. The van der Waals surface area contributed by atoms with Gasteiger partial charge in [0.2, 0.25) is 0 Å². The molecular weight excluding hydrogens is 164 g/mol. The van der Waals surface area contributed by atoms with Gasteiger partial charge in [-0.25, -0.2) is 4.79 Å². The monoisotopic (exact) mass is 176 g/mol. The van der Waals surface area contributed by atoms with Crippen LogP contribution >= 0.6 is 12.2 Å². The number of carbonyl (C=O) groups is 1. The molecule has 64 valence electrons. The summed E-state index contributed by atoms with van der Waals surface area (Å²) in [6, 6.07) is -0.428. The first kappa shape index (κ1) is 10.2. The van der Waals surface area contributed by atoms with E-state index in [9.17, 15) is 4.79 Å². The van der Waals surface area contributed by atoms with E-state index in [1.165, 1.54) is 0 Å². The van der Waals surface area contributed by atoms with Crippen LogP contribution in [0.4, 0.5) is 4.79 Å². The number of nitrogens with one attached hydrogen (secondary N) is 1. The normalized spacial score (nSPS) is 12.6. The number of hydrogen-bond acceptors (Lipinski definition) is 2. The van der Waals surface area contributed by atoms with Crippen molar-refractivity contribution < 1.29 is 9.90 Å². The minimum Gasteiger partial charge on any atom is -0.465 e. The SMILES string of the molecule is CC(C)[C@@H](NC(=O)O)C(N)=S. The van der Waals surface area contributed by atoms with Gasteiger partial charge in [-0.15, -0.1) is 0 Å². The van der Waals surface area contributed by atoms with Crippen LogP contribution in [0.3, 0.4) is 0 Å². The molecule has 0 rings (SSSR count). The summed E-state index contributed by atoms with van der Waals surface area (Å²) < 4.78 is 0. The van der Waals surface area contributed by atoms with E-state index in [-0.39, 0.29) is 10.9 Å². The fraction of sp³-hybridized carbons (Fsp3) is 0.667. The van der Waals surface area contributed by atoms with E-state index in [2.05, 4.69) is 17.5 Å². The first-order chi connectivity index (χ1) is 4.95. The summed E-state index contributed by atoms with van der Waals surface area (Å²) in [5.41, 5.74) is 5.29. The Labute approximate surface area is 70.8 Å². The van der Waals surface area contributed by atoms with Gasteiger partial charge < -0.3 is 16.2 Å². The first-order valence-corrected chi connectivity index (χ1v) is 3.64. The fourth-order valence-electron chi connectivity index (χ4n) is 0.699. The molecule has 0 saturated carbocycles. The molecule has 0 radical (unpaired) electrons. The van der Waals surface area contributed by atoms with Gasteiger partial charge in [-0.2, -0.15) is 0 Å². The Morgan fingerprint density at radius 2 is 2.09 bits per heavy atom. The lowest BCUT2D eigenvalue weighted by molar-refractivity contribution is 0.190. The number of amides is 1. The molecule has 0 aliphatic rings. The highest BCUT2D eigenvalue weighted by molar-refractivity contribution is 7.80. The molecule has 4 nitrogen and oxygen atoms in total. The number of rotatable bonds is 3. The maximum atomic E-state index is 10.2. The third-order valence-electron chi connectivity index (χ3n) is 1.25. The second kappa shape index (κ2) is 4.12. The van der Waals surface area contributed by atoms with Crippen LogP contribution in [0, 0.1) is 5.92 Å². The van der Waals surface area contributed by atoms with Crippen molar-refractivity contribution in [2.75, 3.05) is 0 Å². The van der Waals surface area contributed by atoms with Crippen LogP contribution in [0.2, 0.25) is 0 Å². The lowest BCUT2D eigenvalue weighted by Crippen LogP contribution is -2.46. The molecule has 5 heteroatoms. The molecule has 1 atom stereocenters. The number of thiocarbonyl (C=S) groups is 1. The summed E-state index contributed by atoms with van der Waals surface area (Å²) in [4.78, 5) is 10.4. The fourth-order valence-corrected chi connectivity index (χ4v) is 1.03. The lowest BCUT2D eigenvalue weighted by atomic mass is 10.1. The molecule has 0 aromatic heterocycles. The molecule has 0 spiro atoms. The van der Waals surface area contributed by atoms with Gasteiger partial charge in [-0.05, 0) is 5.92 Å². The molecule has 0 aliphatic heterocycles. The van der Waals surface area contributed by atoms with Gasteiger partial charge in [-0.1, -0.05) is 26.1 Å². The molecule has 0 unspecified atom stereocenters. The van der Waals surface area contributed by atoms with Crippen molar-refractivity contribution in [2.24, 2.45) is 11.7 Å². The van der Waals surface area contributed by atoms with Crippen molar-refractivity contribution >= 4 is 23.3 Å². The van der Waals surface area contributed by atoms with Crippen molar-refractivity contribution in [2.45, 2.75) is 19.9 Å². The van der Waals surface area contributed by atoms with Crippen molar-refractivity contribution in [3.8, 4) is 0 Å². The van der Waals surface area contributed by atoms with Gasteiger partial charge in [0, 0.05) is 0 Å². The van der Waals surface area contributed by atoms with E-state index in [1.54, 1.807) is 0 Å².